The van der Waals surface area contributed by atoms with E-state index in [0.717, 1.165) is 12.0 Å². The van der Waals surface area contributed by atoms with E-state index in [-0.39, 0.29) is 11.4 Å². The fourth-order valence-electron chi connectivity index (χ4n) is 4.34. The number of rotatable bonds is 4. The molecule has 1 fully saturated rings. The molecule has 4 rings (SSSR count). The van der Waals surface area contributed by atoms with Crippen LogP contribution in [0, 0.1) is 5.41 Å². The van der Waals surface area contributed by atoms with Crippen LogP contribution in [0.3, 0.4) is 0 Å². The highest BCUT2D eigenvalue weighted by molar-refractivity contribution is 5.95. The van der Waals surface area contributed by atoms with Crippen molar-refractivity contribution in [1.29, 1.82) is 5.41 Å². The molecule has 168 valence electrons. The quantitative estimate of drug-likeness (QED) is 0.736. The zero-order valence-corrected chi connectivity index (χ0v) is 17.9. The summed E-state index contributed by atoms with van der Waals surface area (Å²) in [6.45, 7) is 6.23. The lowest BCUT2D eigenvalue weighted by Gasteiger charge is -2.31. The summed E-state index contributed by atoms with van der Waals surface area (Å²) in [5.74, 6) is -0.0818. The Morgan fingerprint density at radius 2 is 2.03 bits per heavy atom. The summed E-state index contributed by atoms with van der Waals surface area (Å²) in [5, 5.41) is 8.22. The molecule has 1 amide bonds. The maximum Gasteiger partial charge on any atom is 0.258 e. The molecule has 0 saturated carbocycles. The summed E-state index contributed by atoms with van der Waals surface area (Å²) in [5.41, 5.74) is 2.26. The lowest BCUT2D eigenvalue weighted by molar-refractivity contribution is 0.0362. The molecule has 2 aliphatic rings. The number of amides is 1. The van der Waals surface area contributed by atoms with Crippen molar-refractivity contribution < 1.29 is 18.4 Å². The summed E-state index contributed by atoms with van der Waals surface area (Å²) < 4.78 is 27.8. The number of fused-ring (bicyclic) bond motifs is 1. The number of alkyl halides is 2. The van der Waals surface area contributed by atoms with Crippen molar-refractivity contribution in [2.24, 2.45) is 0 Å². The Morgan fingerprint density at radius 3 is 2.72 bits per heavy atom. The molecule has 2 aromatic heterocycles. The Labute approximate surface area is 184 Å². The van der Waals surface area contributed by atoms with Gasteiger partial charge in [-0.25, -0.2) is 13.8 Å². The predicted molar refractivity (Wildman–Crippen MR) is 115 cm³/mol. The molecule has 7 nitrogen and oxygen atoms in total. The number of aromatic nitrogens is 2. The van der Waals surface area contributed by atoms with E-state index in [2.05, 4.69) is 11.6 Å². The number of allylic oxidation sites excluding steroid dienone is 1. The number of nitrogens with one attached hydrogen (secondary N) is 1. The lowest BCUT2D eigenvalue weighted by atomic mass is 10.0. The summed E-state index contributed by atoms with van der Waals surface area (Å²) in [4.78, 5) is 32.7. The number of carbonyl (C=O) groups is 2. The Morgan fingerprint density at radius 1 is 1.25 bits per heavy atom. The number of pyridine rings is 2. The standard InChI is InChI=1S/C23H25F2N5O2/c1-14(2)22(31)30-10-7-17(12-19(30)26)28-8-3-5-15-11-16(13-27-21(15)28)23(32)29-9-4-6-18(29)20(24)25/h7,10-13,18,20,26H,1,3-6,8-9H2,2H3. The van der Waals surface area contributed by atoms with E-state index < -0.39 is 18.4 Å². The maximum atomic E-state index is 13.3. The average molecular weight is 441 g/mol. The van der Waals surface area contributed by atoms with Gasteiger partial charge in [0.2, 0.25) is 0 Å². The third-order valence-electron chi connectivity index (χ3n) is 5.96. The highest BCUT2D eigenvalue weighted by Gasteiger charge is 2.36. The lowest BCUT2D eigenvalue weighted by Crippen LogP contribution is -2.40. The predicted octanol–water partition coefficient (Wildman–Crippen LogP) is 3.53. The molecule has 0 bridgehead atoms. The number of nitrogens with zero attached hydrogens (tertiary/aromatic N) is 4. The van der Waals surface area contributed by atoms with Gasteiger partial charge in [-0.05, 0) is 50.3 Å². The summed E-state index contributed by atoms with van der Waals surface area (Å²) in [6.07, 6.45) is 2.83. The monoisotopic (exact) mass is 441 g/mol. The van der Waals surface area contributed by atoms with E-state index in [9.17, 15) is 18.4 Å². The van der Waals surface area contributed by atoms with Crippen molar-refractivity contribution in [3.8, 4) is 0 Å². The second-order valence-electron chi connectivity index (χ2n) is 8.23. The Balaban J connectivity index is 1.62. The number of anilines is 2. The first-order chi connectivity index (χ1) is 15.3. The first-order valence-electron chi connectivity index (χ1n) is 10.6. The normalized spacial score (nSPS) is 18.1. The summed E-state index contributed by atoms with van der Waals surface area (Å²) in [6, 6.07) is 4.04. The molecule has 32 heavy (non-hydrogen) atoms. The van der Waals surface area contributed by atoms with Gasteiger partial charge in [0.25, 0.3) is 18.2 Å². The van der Waals surface area contributed by atoms with Crippen LogP contribution in [0.4, 0.5) is 20.3 Å². The SMILES string of the molecule is C=C(C)C(=O)n1ccc(N2CCCc3cc(C(=O)N4CCCC4C(F)F)cnc32)cc1=N. The Bertz CT molecular complexity index is 1140. The van der Waals surface area contributed by atoms with Crippen LogP contribution < -0.4 is 10.4 Å². The van der Waals surface area contributed by atoms with Crippen LogP contribution in [0.1, 0.15) is 46.9 Å². The zero-order valence-electron chi connectivity index (χ0n) is 17.9. The molecule has 0 radical (unpaired) electrons. The van der Waals surface area contributed by atoms with Crippen molar-refractivity contribution in [2.75, 3.05) is 18.0 Å². The largest absolute Gasteiger partial charge is 0.330 e. The number of halogens is 2. The van der Waals surface area contributed by atoms with E-state index in [4.69, 9.17) is 5.41 Å². The van der Waals surface area contributed by atoms with E-state index in [1.54, 1.807) is 31.3 Å². The number of aryl methyl sites for hydroxylation is 1. The minimum absolute atomic E-state index is 0.0292. The highest BCUT2D eigenvalue weighted by Crippen LogP contribution is 2.32. The van der Waals surface area contributed by atoms with Gasteiger partial charge in [-0.2, -0.15) is 0 Å². The first kappa shape index (κ1) is 21.9. The Hall–Kier alpha value is -3.36. The summed E-state index contributed by atoms with van der Waals surface area (Å²) >= 11 is 0. The molecule has 9 heteroatoms. The van der Waals surface area contributed by atoms with E-state index in [0.29, 0.717) is 55.0 Å². The van der Waals surface area contributed by atoms with Crippen LogP contribution in [-0.4, -0.2) is 51.8 Å². The third kappa shape index (κ3) is 3.94. The van der Waals surface area contributed by atoms with Gasteiger partial charge in [-0.1, -0.05) is 6.58 Å². The van der Waals surface area contributed by atoms with Crippen molar-refractivity contribution in [3.63, 3.8) is 0 Å². The molecule has 0 spiro atoms. The molecule has 0 aromatic carbocycles. The van der Waals surface area contributed by atoms with Crippen LogP contribution in [0.15, 0.2) is 42.7 Å². The van der Waals surface area contributed by atoms with Gasteiger partial charge in [0.15, 0.2) is 0 Å². The average Bonchev–Trinajstić information content (AvgIpc) is 3.27. The number of hydrogen-bond acceptors (Lipinski definition) is 5. The highest BCUT2D eigenvalue weighted by atomic mass is 19.3. The second kappa shape index (κ2) is 8.64. The van der Waals surface area contributed by atoms with Crippen molar-refractivity contribution >= 4 is 23.3 Å². The van der Waals surface area contributed by atoms with Gasteiger partial charge in [-0.3, -0.25) is 19.6 Å². The zero-order chi connectivity index (χ0) is 23.0. The maximum absolute atomic E-state index is 13.3. The number of hydrogen-bond donors (Lipinski definition) is 1. The van der Waals surface area contributed by atoms with Gasteiger partial charge in [-0.15, -0.1) is 0 Å². The number of likely N-dealkylation sites (tertiary alicyclic amines) is 1. The minimum Gasteiger partial charge on any atom is -0.330 e. The fraction of sp³-hybridized carbons (Fsp3) is 0.391. The van der Waals surface area contributed by atoms with Gasteiger partial charge in [0.1, 0.15) is 11.3 Å². The molecule has 1 unspecified atom stereocenters. The molecule has 1 N–H and O–H groups in total. The molecule has 2 aliphatic heterocycles. The van der Waals surface area contributed by atoms with Gasteiger partial charge in [0.05, 0.1) is 11.6 Å². The van der Waals surface area contributed by atoms with E-state index in [1.165, 1.54) is 15.7 Å². The van der Waals surface area contributed by atoms with Crippen LogP contribution in [0.25, 0.3) is 0 Å². The molecule has 4 heterocycles. The van der Waals surface area contributed by atoms with Gasteiger partial charge < -0.3 is 9.80 Å². The number of carbonyl (C=O) groups excluding carboxylic acids is 2. The van der Waals surface area contributed by atoms with Crippen molar-refractivity contribution in [3.05, 3.63) is 59.4 Å². The molecule has 1 atom stereocenters. The third-order valence-corrected chi connectivity index (χ3v) is 5.96. The summed E-state index contributed by atoms with van der Waals surface area (Å²) in [7, 11) is 0. The van der Waals surface area contributed by atoms with Gasteiger partial charge >= 0.3 is 0 Å². The van der Waals surface area contributed by atoms with Crippen LogP contribution in [0.2, 0.25) is 0 Å². The topological polar surface area (TPSA) is 82.3 Å². The fourth-order valence-corrected chi connectivity index (χ4v) is 4.34. The smallest absolute Gasteiger partial charge is 0.258 e. The second-order valence-corrected chi connectivity index (χ2v) is 8.23. The molecular weight excluding hydrogens is 416 g/mol. The Kier molecular flexibility index (Phi) is 5.90. The van der Waals surface area contributed by atoms with Crippen LogP contribution in [-0.2, 0) is 6.42 Å². The minimum atomic E-state index is -2.56. The van der Waals surface area contributed by atoms with Gasteiger partial charge in [0, 0.05) is 42.8 Å². The van der Waals surface area contributed by atoms with Crippen molar-refractivity contribution in [2.45, 2.75) is 45.1 Å². The van der Waals surface area contributed by atoms with E-state index in [1.807, 2.05) is 4.90 Å². The first-order valence-corrected chi connectivity index (χ1v) is 10.6. The molecule has 2 aromatic rings. The van der Waals surface area contributed by atoms with Crippen LogP contribution in [0.5, 0.6) is 0 Å². The van der Waals surface area contributed by atoms with Crippen LogP contribution >= 0.6 is 0 Å². The van der Waals surface area contributed by atoms with Crippen molar-refractivity contribution in [1.82, 2.24) is 14.5 Å². The molecule has 1 saturated heterocycles. The molecular formula is C23H25F2N5O2. The molecule has 0 aliphatic carbocycles. The van der Waals surface area contributed by atoms with E-state index >= 15 is 0 Å².